The molecular weight excluding hydrogens is 469 g/mol. The first-order chi connectivity index (χ1) is 16.9. The minimum Gasteiger partial charge on any atom is -0.478 e. The molecule has 2 N–H and O–H groups in total. The van der Waals surface area contributed by atoms with E-state index in [0.717, 1.165) is 60.4 Å². The maximum absolute atomic E-state index is 14.2. The van der Waals surface area contributed by atoms with E-state index in [2.05, 4.69) is 28.1 Å². The molecule has 0 unspecified atom stereocenters. The number of benzene rings is 2. The summed E-state index contributed by atoms with van der Waals surface area (Å²) in [6.07, 6.45) is 4.32. The third-order valence-electron chi connectivity index (χ3n) is 7.76. The Kier molecular flexibility index (Phi) is 5.57. The number of aromatic carboxylic acids is 1. The van der Waals surface area contributed by atoms with Crippen molar-refractivity contribution in [1.82, 2.24) is 10.2 Å². The van der Waals surface area contributed by atoms with Gasteiger partial charge in [-0.2, -0.15) is 5.10 Å². The Hall–Kier alpha value is -2.90. The van der Waals surface area contributed by atoms with Crippen molar-refractivity contribution in [2.24, 2.45) is 5.92 Å². The number of aryl methyl sites for hydroxylation is 1. The van der Waals surface area contributed by atoms with Crippen molar-refractivity contribution in [2.45, 2.75) is 57.3 Å². The van der Waals surface area contributed by atoms with Gasteiger partial charge in [0.2, 0.25) is 0 Å². The van der Waals surface area contributed by atoms with Gasteiger partial charge in [0.1, 0.15) is 5.82 Å². The third kappa shape index (κ3) is 4.00. The van der Waals surface area contributed by atoms with Crippen molar-refractivity contribution < 1.29 is 19.0 Å². The Bertz CT molecular complexity index is 1280. The van der Waals surface area contributed by atoms with E-state index >= 15 is 0 Å². The van der Waals surface area contributed by atoms with E-state index in [1.54, 1.807) is 6.07 Å². The van der Waals surface area contributed by atoms with E-state index in [1.807, 2.05) is 12.1 Å². The number of anilines is 1. The summed E-state index contributed by atoms with van der Waals surface area (Å²) < 4.78 is 20.6. The van der Waals surface area contributed by atoms with Crippen molar-refractivity contribution in [2.75, 3.05) is 11.4 Å². The zero-order chi connectivity index (χ0) is 24.3. The second kappa shape index (κ2) is 8.64. The first-order valence-electron chi connectivity index (χ1n) is 12.1. The number of fused-ring (bicyclic) bond motifs is 2. The number of rotatable bonds is 7. The molecule has 2 saturated carbocycles. The lowest BCUT2D eigenvalue weighted by Gasteiger charge is -2.33. The number of hydrogen-bond donors (Lipinski definition) is 2. The molecule has 3 atom stereocenters. The zero-order valence-electron chi connectivity index (χ0n) is 19.4. The van der Waals surface area contributed by atoms with Crippen LogP contribution in [0.15, 0.2) is 36.4 Å². The molecule has 1 aromatic heterocycles. The Morgan fingerprint density at radius 1 is 1.29 bits per heavy atom. The van der Waals surface area contributed by atoms with E-state index in [0.29, 0.717) is 23.5 Å². The lowest BCUT2D eigenvalue weighted by atomic mass is 9.98. The van der Waals surface area contributed by atoms with E-state index in [4.69, 9.17) is 21.4 Å². The number of ether oxygens (including phenoxy) is 1. The lowest BCUT2D eigenvalue weighted by molar-refractivity contribution is 0.0108. The van der Waals surface area contributed by atoms with Gasteiger partial charge in [0.15, 0.2) is 0 Å². The molecule has 2 heterocycles. The molecule has 1 saturated heterocycles. The summed E-state index contributed by atoms with van der Waals surface area (Å²) >= 11 is 6.55. The lowest BCUT2D eigenvalue weighted by Crippen LogP contribution is -2.38. The first kappa shape index (κ1) is 22.6. The minimum atomic E-state index is -1.25. The predicted octanol–water partition coefficient (Wildman–Crippen LogP) is 5.94. The van der Waals surface area contributed by atoms with Crippen LogP contribution in [0, 0.1) is 18.7 Å². The number of aromatic nitrogens is 2. The molecule has 6 rings (SSSR count). The van der Waals surface area contributed by atoms with Crippen LogP contribution in [0.3, 0.4) is 0 Å². The van der Waals surface area contributed by atoms with Crippen LogP contribution in [-0.2, 0) is 11.3 Å². The predicted molar refractivity (Wildman–Crippen MR) is 132 cm³/mol. The molecular formula is C27H27ClFN3O3. The number of H-pyrrole nitrogens is 1. The quantitative estimate of drug-likeness (QED) is 0.424. The molecule has 2 aliphatic carbocycles. The smallest absolute Gasteiger partial charge is 0.338 e. The fourth-order valence-corrected chi connectivity index (χ4v) is 6.22. The largest absolute Gasteiger partial charge is 0.478 e. The van der Waals surface area contributed by atoms with Crippen LogP contribution in [0.4, 0.5) is 10.1 Å². The Morgan fingerprint density at radius 2 is 2.11 bits per heavy atom. The molecule has 8 heteroatoms. The van der Waals surface area contributed by atoms with Gasteiger partial charge in [0, 0.05) is 35.3 Å². The van der Waals surface area contributed by atoms with E-state index in [-0.39, 0.29) is 17.7 Å². The van der Waals surface area contributed by atoms with Crippen molar-refractivity contribution in [3.8, 4) is 11.3 Å². The maximum atomic E-state index is 14.2. The maximum Gasteiger partial charge on any atom is 0.338 e. The average molecular weight is 496 g/mol. The van der Waals surface area contributed by atoms with Crippen LogP contribution in [0.25, 0.3) is 11.3 Å². The van der Waals surface area contributed by atoms with Gasteiger partial charge in [-0.3, -0.25) is 5.10 Å². The van der Waals surface area contributed by atoms with Crippen LogP contribution in [0.1, 0.15) is 58.8 Å². The van der Waals surface area contributed by atoms with Crippen molar-refractivity contribution >= 4 is 23.3 Å². The monoisotopic (exact) mass is 495 g/mol. The van der Waals surface area contributed by atoms with Gasteiger partial charge >= 0.3 is 5.97 Å². The number of nitrogens with one attached hydrogen (secondary N) is 1. The van der Waals surface area contributed by atoms with E-state index < -0.39 is 11.8 Å². The highest BCUT2D eigenvalue weighted by Gasteiger charge is 2.45. The number of nitrogens with zero attached hydrogens (tertiary/aromatic N) is 2. The highest BCUT2D eigenvalue weighted by atomic mass is 35.5. The zero-order valence-corrected chi connectivity index (χ0v) is 20.2. The Morgan fingerprint density at radius 3 is 2.77 bits per heavy atom. The fraction of sp³-hybridized carbons (Fsp3) is 0.407. The molecule has 2 aromatic carbocycles. The molecule has 182 valence electrons. The highest BCUT2D eigenvalue weighted by molar-refractivity contribution is 6.33. The summed E-state index contributed by atoms with van der Waals surface area (Å²) in [5.74, 6) is -1.08. The van der Waals surface area contributed by atoms with Crippen LogP contribution in [-0.4, -0.2) is 40.0 Å². The molecule has 0 spiro atoms. The average Bonchev–Trinajstić information content (AvgIpc) is 3.27. The molecule has 3 fully saturated rings. The summed E-state index contributed by atoms with van der Waals surface area (Å²) in [4.78, 5) is 13.3. The van der Waals surface area contributed by atoms with Gasteiger partial charge in [-0.25, -0.2) is 9.18 Å². The minimum absolute atomic E-state index is 0.139. The third-order valence-corrected chi connectivity index (χ3v) is 8.08. The van der Waals surface area contributed by atoms with Gasteiger partial charge in [-0.05, 0) is 68.4 Å². The van der Waals surface area contributed by atoms with Crippen LogP contribution in [0.5, 0.6) is 0 Å². The standard InChI is InChI=1S/C27H27ClFN3O3/c1-14-3-2-4-20(28)24(14)26-25(15-5-6-15)22(30-31-26)13-35-23-11-18-9-16(23)12-32(18)17-7-8-19(27(33)34)21(29)10-17/h2-4,7-8,10,15-16,18,23H,5-6,9,11-13H2,1H3,(H,30,31)(H,33,34)/t16-,18-,23+/m0/s1. The van der Waals surface area contributed by atoms with E-state index in [9.17, 15) is 9.18 Å². The Labute approximate surface area is 208 Å². The summed E-state index contributed by atoms with van der Waals surface area (Å²) in [7, 11) is 0. The van der Waals surface area contributed by atoms with Gasteiger partial charge in [0.25, 0.3) is 0 Å². The fourth-order valence-electron chi connectivity index (χ4n) is 5.90. The van der Waals surface area contributed by atoms with Crippen molar-refractivity contribution in [1.29, 1.82) is 0 Å². The molecule has 6 nitrogen and oxygen atoms in total. The summed E-state index contributed by atoms with van der Waals surface area (Å²) in [5.41, 5.74) is 5.77. The van der Waals surface area contributed by atoms with Gasteiger partial charge in [-0.15, -0.1) is 0 Å². The number of carboxylic acid groups (broad SMARTS) is 1. The van der Waals surface area contributed by atoms with Gasteiger partial charge < -0.3 is 14.7 Å². The molecule has 35 heavy (non-hydrogen) atoms. The molecule has 0 radical (unpaired) electrons. The van der Waals surface area contributed by atoms with Crippen molar-refractivity contribution in [3.63, 3.8) is 0 Å². The number of halogens is 2. The van der Waals surface area contributed by atoms with Crippen molar-refractivity contribution in [3.05, 3.63) is 69.6 Å². The second-order valence-electron chi connectivity index (χ2n) is 10.0. The Balaban J connectivity index is 1.15. The molecule has 3 aliphatic rings. The topological polar surface area (TPSA) is 78.5 Å². The number of hydrogen-bond acceptors (Lipinski definition) is 4. The number of piperidine rings is 1. The molecule has 0 amide bonds. The van der Waals surface area contributed by atoms with E-state index in [1.165, 1.54) is 17.7 Å². The SMILES string of the molecule is Cc1cccc(Cl)c1-c1n[nH]c(CO[C@@H]2C[C@@H]3C[C@H]2CN3c2ccc(C(=O)O)c(F)c2)c1C1CC1. The van der Waals surface area contributed by atoms with Gasteiger partial charge in [0.05, 0.1) is 34.7 Å². The highest BCUT2D eigenvalue weighted by Crippen LogP contribution is 2.48. The summed E-state index contributed by atoms with van der Waals surface area (Å²) in [6.45, 7) is 3.33. The number of aromatic amines is 1. The number of carboxylic acids is 1. The molecule has 2 bridgehead atoms. The molecule has 3 aromatic rings. The summed E-state index contributed by atoms with van der Waals surface area (Å²) in [6, 6.07) is 10.6. The molecule has 1 aliphatic heterocycles. The second-order valence-corrected chi connectivity index (χ2v) is 10.4. The first-order valence-corrected chi connectivity index (χ1v) is 12.5. The van der Waals surface area contributed by atoms with Gasteiger partial charge in [-0.1, -0.05) is 23.7 Å². The van der Waals surface area contributed by atoms with Crippen LogP contribution in [0.2, 0.25) is 5.02 Å². The van der Waals surface area contributed by atoms with Crippen LogP contribution >= 0.6 is 11.6 Å². The number of carbonyl (C=O) groups is 1. The summed E-state index contributed by atoms with van der Waals surface area (Å²) in [5, 5.41) is 17.7. The van der Waals surface area contributed by atoms with Crippen LogP contribution < -0.4 is 4.90 Å². The normalized spacial score (nSPS) is 23.3.